The summed E-state index contributed by atoms with van der Waals surface area (Å²) in [6, 6.07) is 9.78. The van der Waals surface area contributed by atoms with Crippen molar-refractivity contribution in [3.8, 4) is 0 Å². The number of para-hydroxylation sites is 1. The smallest absolute Gasteiger partial charge is 0.231 e. The Morgan fingerprint density at radius 3 is 3.00 bits per heavy atom. The van der Waals surface area contributed by atoms with Crippen LogP contribution in [-0.4, -0.2) is 33.0 Å². The molecule has 1 atom stereocenters. The average molecular weight is 330 g/mol. The molecule has 0 unspecified atom stereocenters. The van der Waals surface area contributed by atoms with E-state index in [0.717, 1.165) is 30.2 Å². The van der Waals surface area contributed by atoms with Crippen LogP contribution < -0.4 is 4.90 Å². The maximum atomic E-state index is 6.28. The lowest BCUT2D eigenvalue weighted by Crippen LogP contribution is -2.19. The fourth-order valence-corrected chi connectivity index (χ4v) is 3.18. The lowest BCUT2D eigenvalue weighted by molar-refractivity contribution is 0.354. The van der Waals surface area contributed by atoms with Gasteiger partial charge in [0.05, 0.1) is 16.6 Å². The van der Waals surface area contributed by atoms with E-state index in [2.05, 4.69) is 20.1 Å². The molecule has 1 aliphatic heterocycles. The van der Waals surface area contributed by atoms with Crippen LogP contribution in [0.1, 0.15) is 24.1 Å². The second kappa shape index (κ2) is 6.04. The highest BCUT2D eigenvalue weighted by Gasteiger charge is 2.29. The van der Waals surface area contributed by atoms with Crippen molar-refractivity contribution in [2.75, 3.05) is 18.0 Å². The van der Waals surface area contributed by atoms with Crippen LogP contribution in [0.4, 0.5) is 5.69 Å². The van der Waals surface area contributed by atoms with Gasteiger partial charge >= 0.3 is 0 Å². The molecular formula is C16H16ClN5O. The van der Waals surface area contributed by atoms with Crippen molar-refractivity contribution in [2.45, 2.75) is 18.9 Å². The van der Waals surface area contributed by atoms with E-state index in [-0.39, 0.29) is 5.92 Å². The van der Waals surface area contributed by atoms with Crippen LogP contribution in [0.15, 0.2) is 47.2 Å². The van der Waals surface area contributed by atoms with Crippen LogP contribution in [-0.2, 0) is 6.54 Å². The van der Waals surface area contributed by atoms with Crippen molar-refractivity contribution in [1.29, 1.82) is 0 Å². The number of benzene rings is 1. The van der Waals surface area contributed by atoms with Gasteiger partial charge in [-0.1, -0.05) is 28.9 Å². The molecule has 0 radical (unpaired) electrons. The topological polar surface area (TPSA) is 60.0 Å². The summed E-state index contributed by atoms with van der Waals surface area (Å²) in [5.74, 6) is 1.59. The van der Waals surface area contributed by atoms with Crippen LogP contribution in [0.3, 0.4) is 0 Å². The summed E-state index contributed by atoms with van der Waals surface area (Å²) in [4.78, 5) is 6.79. The van der Waals surface area contributed by atoms with Crippen LogP contribution >= 0.6 is 11.6 Å². The highest BCUT2D eigenvalue weighted by atomic mass is 35.5. The first kappa shape index (κ1) is 14.3. The van der Waals surface area contributed by atoms with Gasteiger partial charge in [0.2, 0.25) is 5.89 Å². The molecule has 0 bridgehead atoms. The number of hydrogen-bond donors (Lipinski definition) is 0. The quantitative estimate of drug-likeness (QED) is 0.736. The number of rotatable bonds is 4. The molecule has 6 nitrogen and oxygen atoms in total. The minimum atomic E-state index is 0.241. The molecule has 23 heavy (non-hydrogen) atoms. The summed E-state index contributed by atoms with van der Waals surface area (Å²) in [5.41, 5.74) is 1.06. The van der Waals surface area contributed by atoms with E-state index in [0.29, 0.717) is 18.3 Å². The molecule has 0 amide bonds. The second-order valence-corrected chi connectivity index (χ2v) is 6.04. The van der Waals surface area contributed by atoms with Crippen LogP contribution in [0.2, 0.25) is 5.02 Å². The van der Waals surface area contributed by atoms with Gasteiger partial charge in [-0.3, -0.25) is 4.68 Å². The molecule has 1 aliphatic rings. The van der Waals surface area contributed by atoms with Gasteiger partial charge in [-0.2, -0.15) is 10.1 Å². The highest BCUT2D eigenvalue weighted by Crippen LogP contribution is 2.33. The van der Waals surface area contributed by atoms with Gasteiger partial charge in [-0.15, -0.1) is 0 Å². The van der Waals surface area contributed by atoms with Gasteiger partial charge in [0.25, 0.3) is 0 Å². The SMILES string of the molecule is Clc1ccccc1N1CC[C@H](c2nc(Cn3cccn3)no2)C1. The highest BCUT2D eigenvalue weighted by molar-refractivity contribution is 6.33. The Labute approximate surface area is 138 Å². The van der Waals surface area contributed by atoms with E-state index in [9.17, 15) is 0 Å². The van der Waals surface area contributed by atoms with Crippen LogP contribution in [0.5, 0.6) is 0 Å². The second-order valence-electron chi connectivity index (χ2n) is 5.64. The summed E-state index contributed by atoms with van der Waals surface area (Å²) in [5, 5.41) is 8.99. The van der Waals surface area contributed by atoms with E-state index >= 15 is 0 Å². The molecule has 0 saturated carbocycles. The first-order valence-corrected chi connectivity index (χ1v) is 7.97. The van der Waals surface area contributed by atoms with Crippen molar-refractivity contribution >= 4 is 17.3 Å². The summed E-state index contributed by atoms with van der Waals surface area (Å²) >= 11 is 6.28. The number of nitrogens with zero attached hydrogens (tertiary/aromatic N) is 5. The molecule has 0 aliphatic carbocycles. The third-order valence-electron chi connectivity index (χ3n) is 4.08. The Balaban J connectivity index is 1.46. The molecule has 4 rings (SSSR count). The molecule has 3 aromatic rings. The van der Waals surface area contributed by atoms with Gasteiger partial charge in [0, 0.05) is 25.5 Å². The number of hydrogen-bond acceptors (Lipinski definition) is 5. The molecule has 7 heteroatoms. The normalized spacial score (nSPS) is 17.8. The van der Waals surface area contributed by atoms with E-state index in [4.69, 9.17) is 16.1 Å². The third-order valence-corrected chi connectivity index (χ3v) is 4.40. The van der Waals surface area contributed by atoms with Crippen LogP contribution in [0.25, 0.3) is 0 Å². The largest absolute Gasteiger partial charge is 0.370 e. The molecule has 2 aromatic heterocycles. The van der Waals surface area contributed by atoms with Crippen molar-refractivity contribution in [3.05, 3.63) is 59.5 Å². The van der Waals surface area contributed by atoms with Crippen LogP contribution in [0, 0.1) is 0 Å². The molecule has 3 heterocycles. The van der Waals surface area contributed by atoms with Gasteiger partial charge in [-0.05, 0) is 24.6 Å². The number of aromatic nitrogens is 4. The van der Waals surface area contributed by atoms with Gasteiger partial charge in [0.1, 0.15) is 6.54 Å². The fourth-order valence-electron chi connectivity index (χ4n) is 2.93. The van der Waals surface area contributed by atoms with Crippen molar-refractivity contribution in [1.82, 2.24) is 19.9 Å². The molecule has 0 spiro atoms. The van der Waals surface area contributed by atoms with Gasteiger partial charge < -0.3 is 9.42 Å². The predicted octanol–water partition coefficient (Wildman–Crippen LogP) is 2.96. The summed E-state index contributed by atoms with van der Waals surface area (Å²) in [6.45, 7) is 2.30. The van der Waals surface area contributed by atoms with Gasteiger partial charge in [0.15, 0.2) is 5.82 Å². The Bertz CT molecular complexity index is 785. The van der Waals surface area contributed by atoms with Crippen molar-refractivity contribution < 1.29 is 4.52 Å². The first-order valence-electron chi connectivity index (χ1n) is 7.59. The molecule has 0 N–H and O–H groups in total. The zero-order chi connectivity index (χ0) is 15.6. The van der Waals surface area contributed by atoms with E-state index in [1.54, 1.807) is 10.9 Å². The molecule has 1 saturated heterocycles. The average Bonchev–Trinajstić information content (AvgIpc) is 3.29. The monoisotopic (exact) mass is 329 g/mol. The van der Waals surface area contributed by atoms with E-state index < -0.39 is 0 Å². The lowest BCUT2D eigenvalue weighted by atomic mass is 10.1. The standard InChI is InChI=1S/C16H16ClN5O/c17-13-4-1-2-5-14(13)21-9-6-12(10-21)16-19-15(20-23-16)11-22-8-3-7-18-22/h1-5,7-8,12H,6,9-11H2/t12-/m0/s1. The molecular weight excluding hydrogens is 314 g/mol. The molecule has 118 valence electrons. The van der Waals surface area contributed by atoms with E-state index in [1.165, 1.54) is 0 Å². The first-order chi connectivity index (χ1) is 11.3. The molecule has 1 fully saturated rings. The minimum Gasteiger partial charge on any atom is -0.370 e. The Morgan fingerprint density at radius 1 is 1.26 bits per heavy atom. The zero-order valence-corrected chi connectivity index (χ0v) is 13.2. The Hall–Kier alpha value is -2.34. The van der Waals surface area contributed by atoms with Crippen molar-refractivity contribution in [2.24, 2.45) is 0 Å². The van der Waals surface area contributed by atoms with Crippen molar-refractivity contribution in [3.63, 3.8) is 0 Å². The maximum absolute atomic E-state index is 6.28. The summed E-state index contributed by atoms with van der Waals surface area (Å²) < 4.78 is 7.23. The third kappa shape index (κ3) is 2.94. The lowest BCUT2D eigenvalue weighted by Gasteiger charge is -2.19. The van der Waals surface area contributed by atoms with Gasteiger partial charge in [-0.25, -0.2) is 0 Å². The Morgan fingerprint density at radius 2 is 2.17 bits per heavy atom. The zero-order valence-electron chi connectivity index (χ0n) is 12.5. The number of anilines is 1. The maximum Gasteiger partial charge on any atom is 0.231 e. The Kier molecular flexibility index (Phi) is 3.75. The number of halogens is 1. The molecule has 1 aromatic carbocycles. The summed E-state index contributed by atoms with van der Waals surface area (Å²) in [7, 11) is 0. The van der Waals surface area contributed by atoms with E-state index in [1.807, 2.05) is 36.5 Å². The fraction of sp³-hybridized carbons (Fsp3) is 0.312. The summed E-state index contributed by atoms with van der Waals surface area (Å²) in [6.07, 6.45) is 4.60. The minimum absolute atomic E-state index is 0.241. The predicted molar refractivity (Wildman–Crippen MR) is 86.7 cm³/mol.